The SMILES string of the molecule is NCc1cccc(S(=O)(=O)CCSc2cccs2)c1. The number of nitrogens with two attached hydrogens (primary N) is 1. The van der Waals surface area contributed by atoms with Crippen LogP contribution in [-0.4, -0.2) is 19.9 Å². The van der Waals surface area contributed by atoms with Crippen LogP contribution in [0, 0.1) is 0 Å². The molecule has 0 amide bonds. The third-order valence-electron chi connectivity index (χ3n) is 2.58. The van der Waals surface area contributed by atoms with Gasteiger partial charge in [-0.15, -0.1) is 23.1 Å². The molecule has 2 aromatic rings. The lowest BCUT2D eigenvalue weighted by Gasteiger charge is -2.05. The van der Waals surface area contributed by atoms with E-state index in [-0.39, 0.29) is 5.75 Å². The zero-order valence-electron chi connectivity index (χ0n) is 10.3. The molecule has 2 rings (SSSR count). The monoisotopic (exact) mass is 313 g/mol. The van der Waals surface area contributed by atoms with Crippen LogP contribution >= 0.6 is 23.1 Å². The third kappa shape index (κ3) is 4.07. The Balaban J connectivity index is 2.01. The summed E-state index contributed by atoms with van der Waals surface area (Å²) in [5.41, 5.74) is 6.37. The number of benzene rings is 1. The van der Waals surface area contributed by atoms with Crippen LogP contribution in [0.3, 0.4) is 0 Å². The zero-order chi connectivity index (χ0) is 13.7. The normalized spacial score (nSPS) is 11.6. The van der Waals surface area contributed by atoms with Gasteiger partial charge >= 0.3 is 0 Å². The van der Waals surface area contributed by atoms with Gasteiger partial charge in [-0.1, -0.05) is 18.2 Å². The molecule has 102 valence electrons. The maximum Gasteiger partial charge on any atom is 0.179 e. The predicted molar refractivity (Wildman–Crippen MR) is 81.4 cm³/mol. The summed E-state index contributed by atoms with van der Waals surface area (Å²) in [6.45, 7) is 0.354. The van der Waals surface area contributed by atoms with Crippen molar-refractivity contribution in [3.05, 3.63) is 47.3 Å². The molecule has 0 saturated carbocycles. The van der Waals surface area contributed by atoms with E-state index in [0.29, 0.717) is 17.2 Å². The van der Waals surface area contributed by atoms with Crippen molar-refractivity contribution in [2.24, 2.45) is 5.73 Å². The predicted octanol–water partition coefficient (Wildman–Crippen LogP) is 2.77. The van der Waals surface area contributed by atoms with Gasteiger partial charge in [-0.25, -0.2) is 8.42 Å². The van der Waals surface area contributed by atoms with Gasteiger partial charge in [0, 0.05) is 12.3 Å². The van der Waals surface area contributed by atoms with E-state index < -0.39 is 9.84 Å². The van der Waals surface area contributed by atoms with E-state index in [4.69, 9.17) is 5.73 Å². The second kappa shape index (κ2) is 6.56. The number of hydrogen-bond acceptors (Lipinski definition) is 5. The number of thiophene rings is 1. The highest BCUT2D eigenvalue weighted by Crippen LogP contribution is 2.24. The number of thioether (sulfide) groups is 1. The van der Waals surface area contributed by atoms with E-state index in [2.05, 4.69) is 0 Å². The Kier molecular flexibility index (Phi) is 5.04. The summed E-state index contributed by atoms with van der Waals surface area (Å²) >= 11 is 3.20. The standard InChI is InChI=1S/C13H15NO2S3/c14-10-11-3-1-4-12(9-11)19(15,16)8-7-18-13-5-2-6-17-13/h1-6,9H,7-8,10,14H2. The summed E-state index contributed by atoms with van der Waals surface area (Å²) in [5.74, 6) is 0.708. The van der Waals surface area contributed by atoms with Crippen molar-refractivity contribution in [2.45, 2.75) is 15.6 Å². The first-order valence-electron chi connectivity index (χ1n) is 5.80. The molecule has 0 aliphatic carbocycles. The average molecular weight is 313 g/mol. The van der Waals surface area contributed by atoms with Crippen LogP contribution in [0.15, 0.2) is 50.9 Å². The third-order valence-corrected chi connectivity index (χ3v) is 6.69. The van der Waals surface area contributed by atoms with E-state index in [9.17, 15) is 8.42 Å². The minimum absolute atomic E-state index is 0.142. The van der Waals surface area contributed by atoms with Crippen molar-refractivity contribution in [1.82, 2.24) is 0 Å². The van der Waals surface area contributed by atoms with E-state index in [0.717, 1.165) is 9.77 Å². The Morgan fingerprint density at radius 3 is 2.74 bits per heavy atom. The lowest BCUT2D eigenvalue weighted by Crippen LogP contribution is -2.09. The molecule has 1 aromatic carbocycles. The topological polar surface area (TPSA) is 60.2 Å². The second-order valence-corrected chi connectivity index (χ2v) is 8.40. The number of sulfone groups is 1. The van der Waals surface area contributed by atoms with E-state index in [1.807, 2.05) is 23.6 Å². The highest BCUT2D eigenvalue weighted by molar-refractivity contribution is 8.02. The van der Waals surface area contributed by atoms with Crippen LogP contribution in [0.4, 0.5) is 0 Å². The van der Waals surface area contributed by atoms with E-state index in [1.165, 1.54) is 0 Å². The summed E-state index contributed by atoms with van der Waals surface area (Å²) in [4.78, 5) is 0.363. The lowest BCUT2D eigenvalue weighted by molar-refractivity contribution is 0.597. The van der Waals surface area contributed by atoms with Crippen molar-refractivity contribution in [3.8, 4) is 0 Å². The molecule has 19 heavy (non-hydrogen) atoms. The summed E-state index contributed by atoms with van der Waals surface area (Å²) in [5, 5.41) is 1.99. The van der Waals surface area contributed by atoms with Gasteiger partial charge in [-0.2, -0.15) is 0 Å². The maximum atomic E-state index is 12.2. The fourth-order valence-electron chi connectivity index (χ4n) is 1.58. The Morgan fingerprint density at radius 1 is 1.21 bits per heavy atom. The molecule has 0 aliphatic rings. The van der Waals surface area contributed by atoms with Crippen molar-refractivity contribution >= 4 is 32.9 Å². The Hall–Kier alpha value is -0.820. The van der Waals surface area contributed by atoms with Gasteiger partial charge in [0.1, 0.15) is 0 Å². The van der Waals surface area contributed by atoms with Crippen LogP contribution < -0.4 is 5.73 Å². The first kappa shape index (κ1) is 14.6. The molecule has 1 aromatic heterocycles. The van der Waals surface area contributed by atoms with E-state index >= 15 is 0 Å². The molecule has 0 bridgehead atoms. The van der Waals surface area contributed by atoms with Gasteiger partial charge in [0.25, 0.3) is 0 Å². The average Bonchev–Trinajstić information content (AvgIpc) is 2.92. The lowest BCUT2D eigenvalue weighted by atomic mass is 10.2. The fourth-order valence-corrected chi connectivity index (χ4v) is 5.16. The summed E-state index contributed by atoms with van der Waals surface area (Å²) in [7, 11) is -3.22. The van der Waals surface area contributed by atoms with Gasteiger partial charge in [0.15, 0.2) is 9.84 Å². The van der Waals surface area contributed by atoms with Crippen molar-refractivity contribution in [3.63, 3.8) is 0 Å². The quantitative estimate of drug-likeness (QED) is 0.833. The van der Waals surface area contributed by atoms with Gasteiger partial charge in [0.05, 0.1) is 14.9 Å². The molecule has 0 radical (unpaired) electrons. The van der Waals surface area contributed by atoms with Gasteiger partial charge < -0.3 is 5.73 Å². The van der Waals surface area contributed by atoms with Crippen LogP contribution in [-0.2, 0) is 16.4 Å². The Labute approximate surface area is 121 Å². The van der Waals surface area contributed by atoms with Crippen LogP contribution in [0.2, 0.25) is 0 Å². The summed E-state index contributed by atoms with van der Waals surface area (Å²) in [6.07, 6.45) is 0. The number of hydrogen-bond donors (Lipinski definition) is 1. The fraction of sp³-hybridized carbons (Fsp3) is 0.231. The minimum Gasteiger partial charge on any atom is -0.326 e. The van der Waals surface area contributed by atoms with Crippen LogP contribution in [0.25, 0.3) is 0 Å². The molecule has 0 atom stereocenters. The minimum atomic E-state index is -3.22. The van der Waals surface area contributed by atoms with Crippen molar-refractivity contribution in [2.75, 3.05) is 11.5 Å². The molecule has 0 fully saturated rings. The molecule has 1 heterocycles. The smallest absolute Gasteiger partial charge is 0.179 e. The molecular formula is C13H15NO2S3. The van der Waals surface area contributed by atoms with Crippen LogP contribution in [0.5, 0.6) is 0 Å². The van der Waals surface area contributed by atoms with Gasteiger partial charge in [-0.3, -0.25) is 0 Å². The molecule has 2 N–H and O–H groups in total. The molecule has 0 aliphatic heterocycles. The van der Waals surface area contributed by atoms with E-state index in [1.54, 1.807) is 41.3 Å². The number of rotatable bonds is 6. The zero-order valence-corrected chi connectivity index (χ0v) is 12.7. The summed E-state index contributed by atoms with van der Waals surface area (Å²) in [6, 6.07) is 10.8. The van der Waals surface area contributed by atoms with Gasteiger partial charge in [-0.05, 0) is 29.1 Å². The second-order valence-electron chi connectivity index (χ2n) is 3.95. The first-order chi connectivity index (χ1) is 9.12. The van der Waals surface area contributed by atoms with Crippen molar-refractivity contribution < 1.29 is 8.42 Å². The Morgan fingerprint density at radius 2 is 2.05 bits per heavy atom. The maximum absolute atomic E-state index is 12.2. The highest BCUT2D eigenvalue weighted by atomic mass is 32.2. The first-order valence-corrected chi connectivity index (χ1v) is 9.31. The van der Waals surface area contributed by atoms with Crippen LogP contribution in [0.1, 0.15) is 5.56 Å². The molecule has 0 unspecified atom stereocenters. The highest BCUT2D eigenvalue weighted by Gasteiger charge is 2.14. The molecule has 6 heteroatoms. The molecule has 3 nitrogen and oxygen atoms in total. The summed E-state index contributed by atoms with van der Waals surface area (Å²) < 4.78 is 25.5. The Bertz CT molecular complexity index is 621. The largest absolute Gasteiger partial charge is 0.326 e. The molecule has 0 saturated heterocycles. The molecule has 0 spiro atoms. The molecular weight excluding hydrogens is 298 g/mol. The van der Waals surface area contributed by atoms with Crippen molar-refractivity contribution in [1.29, 1.82) is 0 Å². The van der Waals surface area contributed by atoms with Gasteiger partial charge in [0.2, 0.25) is 0 Å².